The largest absolute Gasteiger partial charge is 0.433 e. The Balaban J connectivity index is 2.43. The van der Waals surface area contributed by atoms with Gasteiger partial charge in [0.25, 0.3) is 5.91 Å². The molecule has 7 nitrogen and oxygen atoms in total. The Morgan fingerprint density at radius 3 is 2.81 bits per heavy atom. The van der Waals surface area contributed by atoms with Crippen LogP contribution in [0.15, 0.2) is 16.5 Å². The molecule has 0 saturated heterocycles. The molecule has 0 fully saturated rings. The predicted octanol–water partition coefficient (Wildman–Crippen LogP) is 0.527. The lowest BCUT2D eigenvalue weighted by Crippen LogP contribution is -2.31. The summed E-state index contributed by atoms with van der Waals surface area (Å²) in [5.41, 5.74) is 0. The number of carbonyl (C=O) groups excluding carboxylic acids is 1. The lowest BCUT2D eigenvalue weighted by atomic mass is 10.4. The number of rotatable bonds is 6. The maximum absolute atomic E-state index is 11.4. The molecule has 1 aromatic rings. The molecule has 1 aromatic heterocycles. The summed E-state index contributed by atoms with van der Waals surface area (Å²) in [6.07, 6.45) is 0. The quantitative estimate of drug-likeness (QED) is 0.419. The van der Waals surface area contributed by atoms with E-state index in [1.165, 1.54) is 6.07 Å². The first-order valence-corrected chi connectivity index (χ1v) is 4.88. The molecule has 2 N–H and O–H groups in total. The van der Waals surface area contributed by atoms with Gasteiger partial charge in [0.2, 0.25) is 0 Å². The van der Waals surface area contributed by atoms with Gasteiger partial charge in [-0.2, -0.15) is 0 Å². The number of nitrogens with zero attached hydrogens (tertiary/aromatic N) is 1. The fourth-order valence-electron chi connectivity index (χ4n) is 1.08. The van der Waals surface area contributed by atoms with Gasteiger partial charge in [-0.05, 0) is 12.6 Å². The van der Waals surface area contributed by atoms with Crippen molar-refractivity contribution in [2.24, 2.45) is 0 Å². The van der Waals surface area contributed by atoms with Crippen molar-refractivity contribution in [3.63, 3.8) is 0 Å². The second kappa shape index (κ2) is 5.86. The maximum atomic E-state index is 11.4. The number of likely N-dealkylation sites (N-methyl/N-ethyl adjacent to an activating group) is 1. The lowest BCUT2D eigenvalue weighted by Gasteiger charge is -2.02. The summed E-state index contributed by atoms with van der Waals surface area (Å²) in [6, 6.07) is 2.43. The lowest BCUT2D eigenvalue weighted by molar-refractivity contribution is -0.402. The van der Waals surface area contributed by atoms with E-state index in [1.54, 1.807) is 0 Å². The smallest absolute Gasteiger partial charge is 0.395 e. The molecular formula is C9H13N3O4. The van der Waals surface area contributed by atoms with Crippen LogP contribution in [0.4, 0.5) is 5.88 Å². The number of carbonyl (C=O) groups is 1. The molecule has 0 saturated carbocycles. The van der Waals surface area contributed by atoms with Gasteiger partial charge in [0.15, 0.2) is 5.76 Å². The molecule has 0 atom stereocenters. The molecule has 1 heterocycles. The van der Waals surface area contributed by atoms with Gasteiger partial charge < -0.3 is 15.1 Å². The topological polar surface area (TPSA) is 97.4 Å². The maximum Gasteiger partial charge on any atom is 0.433 e. The standard InChI is InChI=1S/C9H13N3O4/c1-2-10-5-6-11-9(13)7-3-4-8(16-7)12(14)15/h3-4,10H,2,5-6H2,1H3,(H,11,13). The highest BCUT2D eigenvalue weighted by atomic mass is 16.6. The van der Waals surface area contributed by atoms with E-state index in [2.05, 4.69) is 10.6 Å². The average molecular weight is 227 g/mol. The molecule has 1 rings (SSSR count). The van der Waals surface area contributed by atoms with E-state index in [1.807, 2.05) is 6.92 Å². The van der Waals surface area contributed by atoms with Crippen molar-refractivity contribution in [2.75, 3.05) is 19.6 Å². The van der Waals surface area contributed by atoms with Crippen LogP contribution < -0.4 is 10.6 Å². The minimum Gasteiger partial charge on any atom is -0.395 e. The molecule has 0 unspecified atom stereocenters. The van der Waals surface area contributed by atoms with Gasteiger partial charge in [-0.3, -0.25) is 14.9 Å². The fraction of sp³-hybridized carbons (Fsp3) is 0.444. The number of nitrogens with one attached hydrogen (secondary N) is 2. The van der Waals surface area contributed by atoms with Gasteiger partial charge in [0.05, 0.1) is 6.07 Å². The van der Waals surface area contributed by atoms with Crippen LogP contribution in [0.3, 0.4) is 0 Å². The molecule has 0 aliphatic heterocycles. The third-order valence-corrected chi connectivity index (χ3v) is 1.83. The number of hydrogen-bond acceptors (Lipinski definition) is 5. The zero-order chi connectivity index (χ0) is 12.0. The van der Waals surface area contributed by atoms with Crippen LogP contribution in [0.5, 0.6) is 0 Å². The molecular weight excluding hydrogens is 214 g/mol. The van der Waals surface area contributed by atoms with Crippen molar-refractivity contribution < 1.29 is 14.1 Å². The molecule has 0 bridgehead atoms. The van der Waals surface area contributed by atoms with Gasteiger partial charge in [-0.15, -0.1) is 0 Å². The van der Waals surface area contributed by atoms with Crippen molar-refractivity contribution in [3.05, 3.63) is 28.0 Å². The van der Waals surface area contributed by atoms with E-state index in [-0.39, 0.29) is 5.76 Å². The highest BCUT2D eigenvalue weighted by molar-refractivity contribution is 5.91. The number of amides is 1. The molecule has 0 aliphatic rings. The Bertz CT molecular complexity index is 375. The Hall–Kier alpha value is -1.89. The third-order valence-electron chi connectivity index (χ3n) is 1.83. The zero-order valence-electron chi connectivity index (χ0n) is 8.86. The highest BCUT2D eigenvalue weighted by Gasteiger charge is 2.16. The second-order valence-electron chi connectivity index (χ2n) is 3.00. The first kappa shape index (κ1) is 12.2. The summed E-state index contributed by atoms with van der Waals surface area (Å²) in [5.74, 6) is -0.939. The Morgan fingerprint density at radius 2 is 2.25 bits per heavy atom. The SMILES string of the molecule is CCNCCNC(=O)c1ccc([N+](=O)[O-])o1. The summed E-state index contributed by atoms with van der Waals surface area (Å²) in [6.45, 7) is 3.87. The van der Waals surface area contributed by atoms with Gasteiger partial charge in [0.1, 0.15) is 4.92 Å². The normalized spacial score (nSPS) is 10.1. The first-order chi connectivity index (χ1) is 7.65. The van der Waals surface area contributed by atoms with Crippen molar-refractivity contribution in [1.29, 1.82) is 0 Å². The van der Waals surface area contributed by atoms with E-state index in [0.717, 1.165) is 12.6 Å². The molecule has 0 spiro atoms. The number of nitro groups is 1. The van der Waals surface area contributed by atoms with Crippen LogP contribution in [-0.4, -0.2) is 30.5 Å². The van der Waals surface area contributed by atoms with Gasteiger partial charge in [-0.1, -0.05) is 6.92 Å². The monoisotopic (exact) mass is 227 g/mol. The zero-order valence-corrected chi connectivity index (χ0v) is 8.86. The van der Waals surface area contributed by atoms with E-state index < -0.39 is 16.7 Å². The van der Waals surface area contributed by atoms with Crippen molar-refractivity contribution in [2.45, 2.75) is 6.92 Å². The van der Waals surface area contributed by atoms with Crippen LogP contribution in [0.2, 0.25) is 0 Å². The predicted molar refractivity (Wildman–Crippen MR) is 56.2 cm³/mol. The Kier molecular flexibility index (Phi) is 4.46. The minimum atomic E-state index is -0.685. The van der Waals surface area contributed by atoms with E-state index in [9.17, 15) is 14.9 Å². The molecule has 16 heavy (non-hydrogen) atoms. The second-order valence-corrected chi connectivity index (χ2v) is 3.00. The highest BCUT2D eigenvalue weighted by Crippen LogP contribution is 2.14. The molecule has 1 amide bonds. The molecule has 88 valence electrons. The van der Waals surface area contributed by atoms with Crippen LogP contribution >= 0.6 is 0 Å². The summed E-state index contributed by atoms with van der Waals surface area (Å²) in [5, 5.41) is 15.9. The Morgan fingerprint density at radius 1 is 1.50 bits per heavy atom. The van der Waals surface area contributed by atoms with Crippen LogP contribution in [-0.2, 0) is 0 Å². The van der Waals surface area contributed by atoms with Crippen LogP contribution in [0, 0.1) is 10.1 Å². The first-order valence-electron chi connectivity index (χ1n) is 4.88. The summed E-state index contributed by atoms with van der Waals surface area (Å²) in [4.78, 5) is 21.0. The molecule has 0 radical (unpaired) electrons. The van der Waals surface area contributed by atoms with Crippen molar-refractivity contribution in [3.8, 4) is 0 Å². The van der Waals surface area contributed by atoms with Gasteiger partial charge in [-0.25, -0.2) is 0 Å². The van der Waals surface area contributed by atoms with Gasteiger partial charge >= 0.3 is 5.88 Å². The van der Waals surface area contributed by atoms with Crippen LogP contribution in [0.25, 0.3) is 0 Å². The van der Waals surface area contributed by atoms with E-state index in [0.29, 0.717) is 13.1 Å². The number of furan rings is 1. The third kappa shape index (κ3) is 3.35. The molecule has 7 heteroatoms. The average Bonchev–Trinajstić information content (AvgIpc) is 2.73. The van der Waals surface area contributed by atoms with Crippen molar-refractivity contribution >= 4 is 11.8 Å². The number of hydrogen-bond donors (Lipinski definition) is 2. The van der Waals surface area contributed by atoms with E-state index in [4.69, 9.17) is 4.42 Å². The van der Waals surface area contributed by atoms with Crippen molar-refractivity contribution in [1.82, 2.24) is 10.6 Å². The van der Waals surface area contributed by atoms with Gasteiger partial charge in [0, 0.05) is 13.1 Å². The minimum absolute atomic E-state index is 0.0526. The Labute approximate surface area is 92.0 Å². The van der Waals surface area contributed by atoms with Crippen LogP contribution in [0.1, 0.15) is 17.5 Å². The summed E-state index contributed by atoms with van der Waals surface area (Å²) < 4.78 is 4.73. The fourth-order valence-corrected chi connectivity index (χ4v) is 1.08. The summed E-state index contributed by atoms with van der Waals surface area (Å²) in [7, 11) is 0. The van der Waals surface area contributed by atoms with E-state index >= 15 is 0 Å². The molecule has 0 aliphatic carbocycles. The molecule has 0 aromatic carbocycles. The summed E-state index contributed by atoms with van der Waals surface area (Å²) >= 11 is 0.